The van der Waals surface area contributed by atoms with Gasteiger partial charge in [-0.05, 0) is 55.8 Å². The van der Waals surface area contributed by atoms with Gasteiger partial charge in [0.1, 0.15) is 6.04 Å². The standard InChI is InChI=1S/C24H25N3O2/c1-17(19-9-5-3-6-10-19)25-21-13-15-22(16-14-21)27-23(28)18(2)26-24(29)20-11-7-4-8-12-20/h3-18,25H,1-2H3,(H,26,29)(H,27,28). The van der Waals surface area contributed by atoms with Crippen molar-refractivity contribution in [3.05, 3.63) is 96.1 Å². The molecular formula is C24H25N3O2. The third kappa shape index (κ3) is 5.69. The van der Waals surface area contributed by atoms with Crippen LogP contribution in [0.1, 0.15) is 35.8 Å². The molecule has 0 aliphatic carbocycles. The summed E-state index contributed by atoms with van der Waals surface area (Å²) in [7, 11) is 0. The van der Waals surface area contributed by atoms with E-state index in [4.69, 9.17) is 0 Å². The number of anilines is 2. The molecule has 0 bridgehead atoms. The normalized spacial score (nSPS) is 12.5. The molecule has 29 heavy (non-hydrogen) atoms. The lowest BCUT2D eigenvalue weighted by Crippen LogP contribution is -2.41. The molecule has 3 aromatic rings. The highest BCUT2D eigenvalue weighted by molar-refractivity contribution is 6.00. The van der Waals surface area contributed by atoms with Crippen LogP contribution in [0.5, 0.6) is 0 Å². The molecule has 0 aliphatic rings. The van der Waals surface area contributed by atoms with E-state index >= 15 is 0 Å². The van der Waals surface area contributed by atoms with Crippen LogP contribution in [0.2, 0.25) is 0 Å². The number of nitrogens with one attached hydrogen (secondary N) is 3. The number of carbonyl (C=O) groups is 2. The molecule has 0 saturated heterocycles. The quantitative estimate of drug-likeness (QED) is 0.554. The highest BCUT2D eigenvalue weighted by Crippen LogP contribution is 2.20. The Kier molecular flexibility index (Phi) is 6.63. The van der Waals surface area contributed by atoms with E-state index in [1.54, 1.807) is 31.2 Å². The van der Waals surface area contributed by atoms with Crippen molar-refractivity contribution in [2.24, 2.45) is 0 Å². The zero-order chi connectivity index (χ0) is 20.6. The zero-order valence-corrected chi connectivity index (χ0v) is 16.6. The first-order valence-electron chi connectivity index (χ1n) is 9.61. The minimum atomic E-state index is -0.654. The highest BCUT2D eigenvalue weighted by atomic mass is 16.2. The first-order chi connectivity index (χ1) is 14.0. The molecule has 0 fully saturated rings. The molecule has 3 aromatic carbocycles. The van der Waals surface area contributed by atoms with Gasteiger partial charge < -0.3 is 16.0 Å². The largest absolute Gasteiger partial charge is 0.379 e. The Bertz CT molecular complexity index is 941. The minimum absolute atomic E-state index is 0.171. The summed E-state index contributed by atoms with van der Waals surface area (Å²) in [6, 6.07) is 26.1. The fourth-order valence-electron chi connectivity index (χ4n) is 2.91. The van der Waals surface area contributed by atoms with Gasteiger partial charge in [-0.3, -0.25) is 9.59 Å². The van der Waals surface area contributed by atoms with Crippen LogP contribution in [0.25, 0.3) is 0 Å². The maximum absolute atomic E-state index is 12.4. The summed E-state index contributed by atoms with van der Waals surface area (Å²) in [5, 5.41) is 8.97. The second-order valence-electron chi connectivity index (χ2n) is 6.90. The van der Waals surface area contributed by atoms with E-state index in [2.05, 4.69) is 35.0 Å². The number of amides is 2. The van der Waals surface area contributed by atoms with Gasteiger partial charge in [-0.15, -0.1) is 0 Å². The van der Waals surface area contributed by atoms with Crippen molar-refractivity contribution in [1.82, 2.24) is 5.32 Å². The predicted octanol–water partition coefficient (Wildman–Crippen LogP) is 4.62. The first-order valence-corrected chi connectivity index (χ1v) is 9.61. The molecule has 0 aliphatic heterocycles. The molecule has 148 valence electrons. The predicted molar refractivity (Wildman–Crippen MR) is 117 cm³/mol. The van der Waals surface area contributed by atoms with Crippen LogP contribution in [0.4, 0.5) is 11.4 Å². The topological polar surface area (TPSA) is 70.2 Å². The first kappa shape index (κ1) is 20.1. The monoisotopic (exact) mass is 387 g/mol. The summed E-state index contributed by atoms with van der Waals surface area (Å²) >= 11 is 0. The van der Waals surface area contributed by atoms with E-state index in [1.165, 1.54) is 5.56 Å². The third-order valence-electron chi connectivity index (χ3n) is 4.61. The second kappa shape index (κ2) is 9.55. The Balaban J connectivity index is 1.53. The minimum Gasteiger partial charge on any atom is -0.379 e. The van der Waals surface area contributed by atoms with Crippen molar-refractivity contribution >= 4 is 23.2 Å². The molecule has 0 spiro atoms. The van der Waals surface area contributed by atoms with Crippen molar-refractivity contribution in [2.75, 3.05) is 10.6 Å². The van der Waals surface area contributed by atoms with Crippen LogP contribution >= 0.6 is 0 Å². The van der Waals surface area contributed by atoms with Crippen molar-refractivity contribution in [1.29, 1.82) is 0 Å². The van der Waals surface area contributed by atoms with Gasteiger partial charge in [0.2, 0.25) is 5.91 Å². The summed E-state index contributed by atoms with van der Waals surface area (Å²) in [4.78, 5) is 24.6. The lowest BCUT2D eigenvalue weighted by Gasteiger charge is -2.17. The summed E-state index contributed by atoms with van der Waals surface area (Å²) in [5.41, 5.74) is 3.36. The number of carbonyl (C=O) groups excluding carboxylic acids is 2. The van der Waals surface area contributed by atoms with Gasteiger partial charge in [0.05, 0.1) is 0 Å². The van der Waals surface area contributed by atoms with E-state index in [9.17, 15) is 9.59 Å². The van der Waals surface area contributed by atoms with E-state index in [0.29, 0.717) is 11.3 Å². The summed E-state index contributed by atoms with van der Waals surface area (Å²) < 4.78 is 0. The lowest BCUT2D eigenvalue weighted by atomic mass is 10.1. The van der Waals surface area contributed by atoms with Crippen LogP contribution in [0.15, 0.2) is 84.9 Å². The van der Waals surface area contributed by atoms with Crippen molar-refractivity contribution in [2.45, 2.75) is 25.9 Å². The maximum Gasteiger partial charge on any atom is 0.251 e. The van der Waals surface area contributed by atoms with E-state index in [0.717, 1.165) is 5.69 Å². The van der Waals surface area contributed by atoms with Crippen LogP contribution < -0.4 is 16.0 Å². The Hall–Kier alpha value is -3.60. The summed E-state index contributed by atoms with van der Waals surface area (Å²) in [5.74, 6) is -0.546. The SMILES string of the molecule is CC(NC(=O)c1ccccc1)C(=O)Nc1ccc(NC(C)c2ccccc2)cc1. The number of hydrogen-bond acceptors (Lipinski definition) is 3. The zero-order valence-electron chi connectivity index (χ0n) is 16.6. The fourth-order valence-corrected chi connectivity index (χ4v) is 2.91. The van der Waals surface area contributed by atoms with Crippen LogP contribution in [-0.2, 0) is 4.79 Å². The van der Waals surface area contributed by atoms with Crippen molar-refractivity contribution in [3.63, 3.8) is 0 Å². The molecule has 2 unspecified atom stereocenters. The van der Waals surface area contributed by atoms with Crippen LogP contribution in [0, 0.1) is 0 Å². The molecule has 0 heterocycles. The summed E-state index contributed by atoms with van der Waals surface area (Å²) in [6.07, 6.45) is 0. The lowest BCUT2D eigenvalue weighted by molar-refractivity contribution is -0.117. The van der Waals surface area contributed by atoms with Gasteiger partial charge in [-0.25, -0.2) is 0 Å². The van der Waals surface area contributed by atoms with Gasteiger partial charge in [0, 0.05) is 23.0 Å². The van der Waals surface area contributed by atoms with Gasteiger partial charge in [0.25, 0.3) is 5.91 Å². The molecule has 5 nitrogen and oxygen atoms in total. The van der Waals surface area contributed by atoms with Crippen molar-refractivity contribution in [3.8, 4) is 0 Å². The molecule has 0 radical (unpaired) electrons. The maximum atomic E-state index is 12.4. The highest BCUT2D eigenvalue weighted by Gasteiger charge is 2.16. The Labute approximate surface area is 171 Å². The Morgan fingerprint density at radius 1 is 0.724 bits per heavy atom. The fraction of sp³-hybridized carbons (Fsp3) is 0.167. The number of rotatable bonds is 7. The van der Waals surface area contributed by atoms with E-state index < -0.39 is 6.04 Å². The average molecular weight is 387 g/mol. The number of benzene rings is 3. The Morgan fingerprint density at radius 2 is 1.28 bits per heavy atom. The molecule has 2 atom stereocenters. The molecule has 3 rings (SSSR count). The number of hydrogen-bond donors (Lipinski definition) is 3. The van der Waals surface area contributed by atoms with E-state index in [-0.39, 0.29) is 17.9 Å². The van der Waals surface area contributed by atoms with Gasteiger partial charge >= 0.3 is 0 Å². The van der Waals surface area contributed by atoms with Crippen LogP contribution in [0.3, 0.4) is 0 Å². The summed E-state index contributed by atoms with van der Waals surface area (Å²) in [6.45, 7) is 3.76. The molecular weight excluding hydrogens is 362 g/mol. The second-order valence-corrected chi connectivity index (χ2v) is 6.90. The Morgan fingerprint density at radius 3 is 1.90 bits per heavy atom. The van der Waals surface area contributed by atoms with Gasteiger partial charge in [0.15, 0.2) is 0 Å². The molecule has 5 heteroatoms. The molecule has 0 aromatic heterocycles. The average Bonchev–Trinajstić information content (AvgIpc) is 2.76. The smallest absolute Gasteiger partial charge is 0.251 e. The third-order valence-corrected chi connectivity index (χ3v) is 4.61. The molecule has 2 amide bonds. The van der Waals surface area contributed by atoms with Gasteiger partial charge in [-0.2, -0.15) is 0 Å². The van der Waals surface area contributed by atoms with Crippen molar-refractivity contribution < 1.29 is 9.59 Å². The van der Waals surface area contributed by atoms with Crippen LogP contribution in [-0.4, -0.2) is 17.9 Å². The molecule has 3 N–H and O–H groups in total. The van der Waals surface area contributed by atoms with E-state index in [1.807, 2.05) is 48.5 Å². The van der Waals surface area contributed by atoms with Gasteiger partial charge in [-0.1, -0.05) is 48.5 Å². The molecule has 0 saturated carbocycles.